The van der Waals surface area contributed by atoms with Gasteiger partial charge in [0.25, 0.3) is 0 Å². The minimum atomic E-state index is -3.74. The van der Waals surface area contributed by atoms with E-state index in [-0.39, 0.29) is 0 Å². The Hall–Kier alpha value is -1.76. The quantitative estimate of drug-likeness (QED) is 0.363. The fourth-order valence-electron chi connectivity index (χ4n) is 1.21. The zero-order valence-electron chi connectivity index (χ0n) is 11.2. The minimum absolute atomic E-state index is 0.617. The topological polar surface area (TPSA) is 77.0 Å². The molecule has 0 saturated carbocycles. The number of carbonyl (C=O) groups excluding carboxylic acids is 1. The highest BCUT2D eigenvalue weighted by Crippen LogP contribution is 2.29. The molecule has 2 N–H and O–H groups in total. The predicted octanol–water partition coefficient (Wildman–Crippen LogP) is 1.23. The first-order chi connectivity index (χ1) is 10.2. The average Bonchev–Trinajstić information content (AvgIpc) is 2.52. The van der Waals surface area contributed by atoms with Crippen molar-refractivity contribution >= 4 is 14.9 Å². The van der Waals surface area contributed by atoms with Gasteiger partial charge in [0.05, 0.1) is 6.17 Å². The average molecular weight is 347 g/mol. The highest BCUT2D eigenvalue weighted by Gasteiger charge is 2.36. The van der Waals surface area contributed by atoms with Gasteiger partial charge < -0.3 is 23.7 Å². The van der Waals surface area contributed by atoms with Crippen LogP contribution in [0, 0.1) is 29.1 Å². The number of carbonyl (C=O) groups is 1. The lowest BCUT2D eigenvalue weighted by Crippen LogP contribution is -2.52. The number of amides is 1. The van der Waals surface area contributed by atoms with Gasteiger partial charge in [0.2, 0.25) is 34.8 Å². The third-order valence-electron chi connectivity index (χ3n) is 2.46. The molecular weight excluding hydrogens is 337 g/mol. The Morgan fingerprint density at radius 3 is 1.82 bits per heavy atom. The van der Waals surface area contributed by atoms with E-state index in [1.807, 2.05) is 5.32 Å². The largest absolute Gasteiger partial charge is 0.518 e. The van der Waals surface area contributed by atoms with Crippen LogP contribution in [0.5, 0.6) is 5.75 Å². The Morgan fingerprint density at radius 1 is 1.00 bits per heavy atom. The molecule has 0 spiro atoms. The van der Waals surface area contributed by atoms with Gasteiger partial charge >= 0.3 is 14.9 Å². The van der Waals surface area contributed by atoms with Gasteiger partial charge in [-0.3, -0.25) is 0 Å². The van der Waals surface area contributed by atoms with Gasteiger partial charge in [-0.1, -0.05) is 0 Å². The van der Waals surface area contributed by atoms with Gasteiger partial charge in [-0.25, -0.2) is 18.0 Å². The maximum absolute atomic E-state index is 13.3. The Labute approximate surface area is 121 Å². The highest BCUT2D eigenvalue weighted by atomic mass is 28.4. The molecule has 124 valence electrons. The summed E-state index contributed by atoms with van der Waals surface area (Å²) >= 11 is 0. The molecule has 0 radical (unpaired) electrons. The number of hydrogen-bond donors (Lipinski definition) is 2. The van der Waals surface area contributed by atoms with Crippen molar-refractivity contribution in [3.63, 3.8) is 0 Å². The second kappa shape index (κ2) is 7.00. The van der Waals surface area contributed by atoms with Crippen molar-refractivity contribution < 1.29 is 45.1 Å². The lowest BCUT2D eigenvalue weighted by molar-refractivity contribution is 0.146. The molecule has 22 heavy (non-hydrogen) atoms. The van der Waals surface area contributed by atoms with Gasteiger partial charge in [-0.15, -0.1) is 0 Å². The van der Waals surface area contributed by atoms with Crippen LogP contribution in [0.25, 0.3) is 0 Å². The minimum Gasteiger partial charge on any atom is -0.404 e. The first-order valence-corrected chi connectivity index (χ1v) is 7.43. The molecule has 0 aliphatic carbocycles. The van der Waals surface area contributed by atoms with E-state index in [0.717, 1.165) is 14.2 Å². The molecule has 12 heteroatoms. The Bertz CT molecular complexity index is 554. The van der Waals surface area contributed by atoms with Gasteiger partial charge in [-0.05, 0) is 0 Å². The summed E-state index contributed by atoms with van der Waals surface area (Å²) in [6.07, 6.45) is -2.20. The molecule has 0 unspecified atom stereocenters. The molecular formula is C10H10F5NO5Si. The van der Waals surface area contributed by atoms with E-state index in [1.165, 1.54) is 0 Å². The van der Waals surface area contributed by atoms with Crippen molar-refractivity contribution in [2.24, 2.45) is 0 Å². The molecule has 0 atom stereocenters. The normalized spacial score (nSPS) is 11.5. The molecule has 0 heterocycles. The van der Waals surface area contributed by atoms with Crippen molar-refractivity contribution in [3.05, 3.63) is 29.1 Å². The van der Waals surface area contributed by atoms with Gasteiger partial charge in [0.1, 0.15) is 0 Å². The molecule has 1 amide bonds. The van der Waals surface area contributed by atoms with Crippen molar-refractivity contribution in [1.29, 1.82) is 0 Å². The summed E-state index contributed by atoms with van der Waals surface area (Å²) < 4.78 is 78.3. The van der Waals surface area contributed by atoms with E-state index >= 15 is 0 Å². The summed E-state index contributed by atoms with van der Waals surface area (Å²) in [4.78, 5) is 20.9. The molecule has 1 rings (SSSR count). The third kappa shape index (κ3) is 3.71. The van der Waals surface area contributed by atoms with E-state index in [9.17, 15) is 31.5 Å². The Balaban J connectivity index is 2.90. The van der Waals surface area contributed by atoms with E-state index in [4.69, 9.17) is 0 Å². The first kappa shape index (κ1) is 18.3. The molecule has 0 fully saturated rings. The lowest BCUT2D eigenvalue weighted by atomic mass is 10.3. The van der Waals surface area contributed by atoms with Gasteiger partial charge in [0, 0.05) is 14.2 Å². The molecule has 6 nitrogen and oxygen atoms in total. The number of halogens is 5. The fraction of sp³-hybridized carbons (Fsp3) is 0.300. The highest BCUT2D eigenvalue weighted by molar-refractivity contribution is 6.59. The maximum atomic E-state index is 13.3. The standard InChI is InChI=1S/C10H10F5NO5Si/c1-19-22(18,20-2)3-16-10(17)21-9-7(14)5(12)4(11)6(13)8(9)15/h18H,3H2,1-2H3,(H,16,17). The molecule has 0 bridgehead atoms. The van der Waals surface area contributed by atoms with Gasteiger partial charge in [0.15, 0.2) is 0 Å². The fourth-order valence-corrected chi connectivity index (χ4v) is 2.04. The summed E-state index contributed by atoms with van der Waals surface area (Å²) in [6, 6.07) is 0. The SMILES string of the molecule is CO[Si](O)(CNC(=O)Oc1c(F)c(F)c(F)c(F)c1F)OC. The van der Waals surface area contributed by atoms with Crippen molar-refractivity contribution in [3.8, 4) is 5.75 Å². The number of hydrogen-bond acceptors (Lipinski definition) is 5. The zero-order valence-corrected chi connectivity index (χ0v) is 12.2. The second-order valence-corrected chi connectivity index (χ2v) is 6.36. The van der Waals surface area contributed by atoms with Crippen molar-refractivity contribution in [2.75, 3.05) is 20.4 Å². The van der Waals surface area contributed by atoms with Crippen LogP contribution in [-0.2, 0) is 8.85 Å². The van der Waals surface area contributed by atoms with Crippen LogP contribution in [-0.4, -0.2) is 40.1 Å². The van der Waals surface area contributed by atoms with Crippen molar-refractivity contribution in [2.45, 2.75) is 0 Å². The molecule has 1 aromatic rings. The summed E-state index contributed by atoms with van der Waals surface area (Å²) in [7, 11) is -1.59. The Morgan fingerprint density at radius 2 is 1.41 bits per heavy atom. The summed E-state index contributed by atoms with van der Waals surface area (Å²) in [5, 5.41) is 1.81. The van der Waals surface area contributed by atoms with E-state index in [1.54, 1.807) is 0 Å². The lowest BCUT2D eigenvalue weighted by Gasteiger charge is -2.19. The molecule has 0 aliphatic heterocycles. The van der Waals surface area contributed by atoms with E-state index in [2.05, 4.69) is 13.6 Å². The molecule has 0 saturated heterocycles. The molecule has 0 aromatic heterocycles. The number of benzene rings is 1. The van der Waals surface area contributed by atoms with Crippen molar-refractivity contribution in [1.82, 2.24) is 5.32 Å². The van der Waals surface area contributed by atoms with Gasteiger partial charge in [-0.2, -0.15) is 8.78 Å². The number of ether oxygens (including phenoxy) is 1. The second-order valence-electron chi connectivity index (χ2n) is 3.76. The summed E-state index contributed by atoms with van der Waals surface area (Å²) in [5.41, 5.74) is 0. The van der Waals surface area contributed by atoms with Crippen LogP contribution in [0.15, 0.2) is 0 Å². The van der Waals surface area contributed by atoms with Crippen LogP contribution in [0.2, 0.25) is 0 Å². The van der Waals surface area contributed by atoms with Crippen LogP contribution in [0.3, 0.4) is 0 Å². The van der Waals surface area contributed by atoms with Crippen LogP contribution in [0.4, 0.5) is 26.7 Å². The molecule has 0 aliphatic rings. The Kier molecular flexibility index (Phi) is 5.82. The third-order valence-corrected chi connectivity index (χ3v) is 4.36. The first-order valence-electron chi connectivity index (χ1n) is 5.46. The smallest absolute Gasteiger partial charge is 0.404 e. The van der Waals surface area contributed by atoms with Crippen LogP contribution >= 0.6 is 0 Å². The van der Waals surface area contributed by atoms with Crippen LogP contribution < -0.4 is 10.1 Å². The summed E-state index contributed by atoms with van der Waals surface area (Å²) in [6.45, 7) is 0. The summed E-state index contributed by atoms with van der Waals surface area (Å²) in [5.74, 6) is -13.3. The predicted molar refractivity (Wildman–Crippen MR) is 62.2 cm³/mol. The number of nitrogens with one attached hydrogen (secondary N) is 1. The monoisotopic (exact) mass is 347 g/mol. The van der Waals surface area contributed by atoms with E-state index in [0.29, 0.717) is 0 Å². The molecule has 1 aromatic carbocycles. The van der Waals surface area contributed by atoms with Crippen LogP contribution in [0.1, 0.15) is 0 Å². The maximum Gasteiger partial charge on any atom is 0.518 e. The number of rotatable bonds is 5. The van der Waals surface area contributed by atoms with E-state index < -0.39 is 55.9 Å². The zero-order chi connectivity index (χ0) is 17.1.